The molecule has 0 saturated carbocycles. The fourth-order valence-corrected chi connectivity index (χ4v) is 1.75. The number of thioether (sulfide) groups is 1. The van der Waals surface area contributed by atoms with Crippen LogP contribution in [0.15, 0.2) is 6.07 Å². The van der Waals surface area contributed by atoms with Gasteiger partial charge in [-0.3, -0.25) is 9.48 Å². The van der Waals surface area contributed by atoms with Gasteiger partial charge in [-0.05, 0) is 6.92 Å². The molecule has 1 heterocycles. The topological polar surface area (TPSA) is 70.1 Å². The lowest BCUT2D eigenvalue weighted by molar-refractivity contribution is -0.137. The van der Waals surface area contributed by atoms with Crippen LogP contribution < -0.4 is 5.73 Å². The van der Waals surface area contributed by atoms with Gasteiger partial charge in [0, 0.05) is 11.8 Å². The number of aromatic nitrogens is 2. The third kappa shape index (κ3) is 2.95. The van der Waals surface area contributed by atoms with Crippen LogP contribution in [0.3, 0.4) is 0 Å². The molecule has 78 valence electrons. The number of aryl methyl sites for hydroxylation is 1. The van der Waals surface area contributed by atoms with Gasteiger partial charge in [0.1, 0.15) is 5.82 Å². The van der Waals surface area contributed by atoms with Crippen molar-refractivity contribution < 1.29 is 9.53 Å². The minimum absolute atomic E-state index is 0.229. The molecule has 0 aliphatic heterocycles. The van der Waals surface area contributed by atoms with Crippen molar-refractivity contribution in [3.8, 4) is 0 Å². The predicted octanol–water partition coefficient (Wildman–Crippen LogP) is 0.637. The number of methoxy groups -OCH3 is 1. The van der Waals surface area contributed by atoms with Crippen molar-refractivity contribution >= 4 is 23.5 Å². The van der Waals surface area contributed by atoms with Crippen molar-refractivity contribution in [2.45, 2.75) is 12.8 Å². The van der Waals surface area contributed by atoms with Gasteiger partial charge >= 0.3 is 5.97 Å². The molecular formula is C8H13N3O2S. The summed E-state index contributed by atoms with van der Waals surface area (Å²) in [7, 11) is 1.38. The molecule has 0 aromatic carbocycles. The lowest BCUT2D eigenvalue weighted by Gasteiger charge is -2.02. The van der Waals surface area contributed by atoms with Crippen LogP contribution in [0.2, 0.25) is 0 Å². The van der Waals surface area contributed by atoms with E-state index < -0.39 is 0 Å². The van der Waals surface area contributed by atoms with E-state index in [0.717, 1.165) is 5.69 Å². The zero-order valence-corrected chi connectivity index (χ0v) is 9.00. The van der Waals surface area contributed by atoms with Gasteiger partial charge in [-0.1, -0.05) is 0 Å². The van der Waals surface area contributed by atoms with E-state index in [0.29, 0.717) is 17.4 Å². The average molecular weight is 215 g/mol. The van der Waals surface area contributed by atoms with Gasteiger partial charge < -0.3 is 10.5 Å². The van der Waals surface area contributed by atoms with Crippen LogP contribution in [-0.2, 0) is 15.4 Å². The number of anilines is 1. The maximum Gasteiger partial charge on any atom is 0.315 e. The van der Waals surface area contributed by atoms with Crippen LogP contribution in [0.4, 0.5) is 5.82 Å². The fraction of sp³-hybridized carbons (Fsp3) is 0.500. The number of ether oxygens (including phenoxy) is 1. The molecule has 2 N–H and O–H groups in total. The molecule has 6 heteroatoms. The maximum absolute atomic E-state index is 10.8. The minimum Gasteiger partial charge on any atom is -0.468 e. The van der Waals surface area contributed by atoms with E-state index in [1.54, 1.807) is 10.7 Å². The summed E-state index contributed by atoms with van der Waals surface area (Å²) < 4.78 is 6.26. The summed E-state index contributed by atoms with van der Waals surface area (Å²) in [5.41, 5.74) is 6.49. The molecule has 0 saturated heterocycles. The lowest BCUT2D eigenvalue weighted by Crippen LogP contribution is -2.06. The van der Waals surface area contributed by atoms with Crippen molar-refractivity contribution in [3.63, 3.8) is 0 Å². The first-order valence-corrected chi connectivity index (χ1v) is 5.23. The quantitative estimate of drug-likeness (QED) is 0.746. The third-order valence-corrected chi connectivity index (χ3v) is 2.53. The molecule has 0 bridgehead atoms. The summed E-state index contributed by atoms with van der Waals surface area (Å²) in [6.45, 7) is 1.92. The van der Waals surface area contributed by atoms with E-state index in [4.69, 9.17) is 5.73 Å². The molecule has 1 aromatic heterocycles. The molecule has 0 aliphatic rings. The highest BCUT2D eigenvalue weighted by molar-refractivity contribution is 7.98. The molecular weight excluding hydrogens is 202 g/mol. The highest BCUT2D eigenvalue weighted by Crippen LogP contribution is 2.10. The Kier molecular flexibility index (Phi) is 3.82. The van der Waals surface area contributed by atoms with E-state index in [1.807, 2.05) is 6.92 Å². The summed E-state index contributed by atoms with van der Waals surface area (Å²) in [4.78, 5) is 10.8. The Morgan fingerprint density at radius 1 is 1.79 bits per heavy atom. The number of rotatable bonds is 4. The molecule has 0 unspecified atom stereocenters. The number of carbonyl (C=O) groups excluding carboxylic acids is 1. The van der Waals surface area contributed by atoms with E-state index in [-0.39, 0.29) is 5.97 Å². The molecule has 0 radical (unpaired) electrons. The summed E-state index contributed by atoms with van der Waals surface area (Å²) in [5, 5.41) is 4.05. The van der Waals surface area contributed by atoms with Crippen LogP contribution >= 0.6 is 11.8 Å². The number of nitrogen functional groups attached to an aromatic ring is 1. The second-order valence-electron chi connectivity index (χ2n) is 2.76. The Morgan fingerprint density at radius 2 is 2.50 bits per heavy atom. The molecule has 0 atom stereocenters. The monoisotopic (exact) mass is 215 g/mol. The number of esters is 1. The van der Waals surface area contributed by atoms with E-state index >= 15 is 0 Å². The second kappa shape index (κ2) is 4.90. The Balaban J connectivity index is 2.38. The van der Waals surface area contributed by atoms with Crippen molar-refractivity contribution in [2.24, 2.45) is 0 Å². The average Bonchev–Trinajstić information content (AvgIpc) is 2.45. The van der Waals surface area contributed by atoms with E-state index in [2.05, 4.69) is 9.84 Å². The Bertz CT molecular complexity index is 324. The molecule has 14 heavy (non-hydrogen) atoms. The standard InChI is InChI=1S/C8H13N3O2S/c1-6-3-7(9)10-11(6)5-14-4-8(12)13-2/h3H,4-5H2,1-2H3,(H2,9,10). The second-order valence-corrected chi connectivity index (χ2v) is 3.72. The molecule has 0 spiro atoms. The van der Waals surface area contributed by atoms with E-state index in [9.17, 15) is 4.79 Å². The molecule has 1 rings (SSSR count). The van der Waals surface area contributed by atoms with Crippen molar-refractivity contribution in [3.05, 3.63) is 11.8 Å². The number of carbonyl (C=O) groups is 1. The molecule has 0 aliphatic carbocycles. The van der Waals surface area contributed by atoms with Crippen LogP contribution in [-0.4, -0.2) is 28.6 Å². The predicted molar refractivity (Wildman–Crippen MR) is 55.9 cm³/mol. The van der Waals surface area contributed by atoms with Gasteiger partial charge in [0.2, 0.25) is 0 Å². The fourth-order valence-electron chi connectivity index (χ4n) is 0.941. The summed E-state index contributed by atoms with van der Waals surface area (Å²) >= 11 is 1.44. The number of nitrogens with two attached hydrogens (primary N) is 1. The Labute approximate surface area is 86.6 Å². The first-order chi connectivity index (χ1) is 6.63. The first-order valence-electron chi connectivity index (χ1n) is 4.08. The lowest BCUT2D eigenvalue weighted by atomic mass is 10.5. The summed E-state index contributed by atoms with van der Waals surface area (Å²) in [6, 6.07) is 1.79. The number of hydrogen-bond donors (Lipinski definition) is 1. The normalized spacial score (nSPS) is 10.1. The molecule has 0 fully saturated rings. The maximum atomic E-state index is 10.8. The summed E-state index contributed by atoms with van der Waals surface area (Å²) in [5.74, 6) is 1.21. The molecule has 0 amide bonds. The highest BCUT2D eigenvalue weighted by atomic mass is 32.2. The van der Waals surface area contributed by atoms with Gasteiger partial charge in [-0.25, -0.2) is 0 Å². The van der Waals surface area contributed by atoms with Crippen molar-refractivity contribution in [1.29, 1.82) is 0 Å². The Hall–Kier alpha value is -1.17. The third-order valence-electron chi connectivity index (χ3n) is 1.66. The number of nitrogens with zero attached hydrogens (tertiary/aromatic N) is 2. The van der Waals surface area contributed by atoms with Crippen LogP contribution in [0, 0.1) is 6.92 Å². The van der Waals surface area contributed by atoms with Gasteiger partial charge in [0.15, 0.2) is 0 Å². The minimum atomic E-state index is -0.229. The van der Waals surface area contributed by atoms with Gasteiger partial charge in [0.05, 0.1) is 18.7 Å². The van der Waals surface area contributed by atoms with Gasteiger partial charge in [-0.2, -0.15) is 5.10 Å². The molecule has 1 aromatic rings. The van der Waals surface area contributed by atoms with E-state index in [1.165, 1.54) is 18.9 Å². The van der Waals surface area contributed by atoms with Gasteiger partial charge in [-0.15, -0.1) is 11.8 Å². The van der Waals surface area contributed by atoms with Gasteiger partial charge in [0.25, 0.3) is 0 Å². The van der Waals surface area contributed by atoms with Crippen LogP contribution in [0.1, 0.15) is 5.69 Å². The molecule has 5 nitrogen and oxygen atoms in total. The Morgan fingerprint density at radius 3 is 3.00 bits per heavy atom. The largest absolute Gasteiger partial charge is 0.468 e. The summed E-state index contributed by atoms with van der Waals surface area (Å²) in [6.07, 6.45) is 0. The zero-order chi connectivity index (χ0) is 10.6. The van der Waals surface area contributed by atoms with Crippen molar-refractivity contribution in [2.75, 3.05) is 18.6 Å². The van der Waals surface area contributed by atoms with Crippen LogP contribution in [0.25, 0.3) is 0 Å². The smallest absolute Gasteiger partial charge is 0.315 e. The highest BCUT2D eigenvalue weighted by Gasteiger charge is 2.03. The number of hydrogen-bond acceptors (Lipinski definition) is 5. The van der Waals surface area contributed by atoms with Crippen LogP contribution in [0.5, 0.6) is 0 Å². The van der Waals surface area contributed by atoms with Crippen molar-refractivity contribution in [1.82, 2.24) is 9.78 Å². The zero-order valence-electron chi connectivity index (χ0n) is 8.19. The SMILES string of the molecule is COC(=O)CSCn1nc(N)cc1C. The first kappa shape index (κ1) is 10.9.